The van der Waals surface area contributed by atoms with Gasteiger partial charge in [0.2, 0.25) is 0 Å². The summed E-state index contributed by atoms with van der Waals surface area (Å²) in [5.74, 6) is 0.189. The molecule has 0 aliphatic heterocycles. The van der Waals surface area contributed by atoms with Gasteiger partial charge in [-0.05, 0) is 24.6 Å². The average Bonchev–Trinajstić information content (AvgIpc) is 1.85. The van der Waals surface area contributed by atoms with E-state index in [1.165, 1.54) is 19.2 Å². The van der Waals surface area contributed by atoms with E-state index in [2.05, 4.69) is 6.92 Å². The molecule has 0 atom stereocenters. The van der Waals surface area contributed by atoms with Crippen molar-refractivity contribution in [2.24, 2.45) is 0 Å². The van der Waals surface area contributed by atoms with Crippen LogP contribution in [0.4, 0.5) is 4.39 Å². The van der Waals surface area contributed by atoms with Crippen LogP contribution in [0.25, 0.3) is 0 Å². The zero-order valence-electron chi connectivity index (χ0n) is 5.73. The molecule has 0 saturated carbocycles. The van der Waals surface area contributed by atoms with Crippen molar-refractivity contribution in [2.75, 3.05) is 7.11 Å². The summed E-state index contributed by atoms with van der Waals surface area (Å²) >= 11 is 0. The van der Waals surface area contributed by atoms with Gasteiger partial charge in [0.05, 0.1) is 7.11 Å². The zero-order valence-corrected chi connectivity index (χ0v) is 5.73. The molecule has 10 heavy (non-hydrogen) atoms. The predicted molar refractivity (Wildman–Crippen MR) is 37.4 cm³/mol. The lowest BCUT2D eigenvalue weighted by molar-refractivity contribution is 0.411. The third-order valence-electron chi connectivity index (χ3n) is 1.17. The molecule has 0 amide bonds. The van der Waals surface area contributed by atoms with Gasteiger partial charge in [-0.3, -0.25) is 0 Å². The van der Waals surface area contributed by atoms with Gasteiger partial charge < -0.3 is 4.74 Å². The van der Waals surface area contributed by atoms with Gasteiger partial charge >= 0.3 is 0 Å². The van der Waals surface area contributed by atoms with E-state index >= 15 is 0 Å². The lowest BCUT2D eigenvalue weighted by atomic mass is 10.2. The van der Waals surface area contributed by atoms with Crippen LogP contribution >= 0.6 is 0 Å². The number of hydrogen-bond acceptors (Lipinski definition) is 1. The van der Waals surface area contributed by atoms with Crippen LogP contribution in [0.5, 0.6) is 5.75 Å². The molecule has 1 rings (SSSR count). The molecule has 0 bridgehead atoms. The van der Waals surface area contributed by atoms with E-state index in [0.717, 1.165) is 0 Å². The minimum absolute atomic E-state index is 0.315. The number of halogens is 1. The third-order valence-corrected chi connectivity index (χ3v) is 1.17. The lowest BCUT2D eigenvalue weighted by Gasteiger charge is -1.99. The molecule has 2 heteroatoms. The molecule has 0 aromatic heterocycles. The first-order valence-electron chi connectivity index (χ1n) is 2.89. The fourth-order valence-electron chi connectivity index (χ4n) is 0.739. The second-order valence-corrected chi connectivity index (χ2v) is 2.00. The van der Waals surface area contributed by atoms with Gasteiger partial charge in [-0.25, -0.2) is 4.39 Å². The number of ether oxygens (including phenoxy) is 1. The summed E-state index contributed by atoms with van der Waals surface area (Å²) in [5, 5.41) is 0. The van der Waals surface area contributed by atoms with E-state index in [9.17, 15) is 4.39 Å². The summed E-state index contributed by atoms with van der Waals surface area (Å²) in [7, 11) is 1.49. The highest BCUT2D eigenvalue weighted by molar-refractivity contribution is 5.30. The smallest absolute Gasteiger partial charge is 0.127 e. The molecule has 0 N–H and O–H groups in total. The van der Waals surface area contributed by atoms with Crippen molar-refractivity contribution < 1.29 is 9.13 Å². The Hall–Kier alpha value is -1.05. The van der Waals surface area contributed by atoms with E-state index in [0.29, 0.717) is 11.3 Å². The lowest BCUT2D eigenvalue weighted by Crippen LogP contribution is -1.85. The molecule has 0 aliphatic carbocycles. The monoisotopic (exact) mass is 139 g/mol. The second-order valence-electron chi connectivity index (χ2n) is 2.00. The molecule has 0 unspecified atom stereocenters. The minimum Gasteiger partial charge on any atom is -0.497 e. The highest BCUT2D eigenvalue weighted by atomic mass is 19.1. The van der Waals surface area contributed by atoms with Crippen molar-refractivity contribution in [1.29, 1.82) is 0 Å². The number of methoxy groups -OCH3 is 1. The fraction of sp³-hybridized carbons (Fsp3) is 0.125. The Bertz CT molecular complexity index is 212. The summed E-state index contributed by atoms with van der Waals surface area (Å²) in [6.07, 6.45) is 0. The average molecular weight is 139 g/mol. The molecule has 0 saturated heterocycles. The van der Waals surface area contributed by atoms with Crippen molar-refractivity contribution in [3.05, 3.63) is 36.5 Å². The minimum atomic E-state index is -0.315. The van der Waals surface area contributed by atoms with Crippen LogP contribution in [-0.4, -0.2) is 7.11 Å². The van der Waals surface area contributed by atoms with Crippen LogP contribution < -0.4 is 4.74 Å². The Balaban J connectivity index is 3.06. The molecule has 1 nitrogen and oxygen atoms in total. The van der Waals surface area contributed by atoms with Crippen molar-refractivity contribution in [3.63, 3.8) is 0 Å². The maximum Gasteiger partial charge on any atom is 0.127 e. The summed E-state index contributed by atoms with van der Waals surface area (Å²) in [4.78, 5) is 0. The Morgan fingerprint density at radius 1 is 1.40 bits per heavy atom. The molecule has 0 fully saturated rings. The third kappa shape index (κ3) is 1.47. The van der Waals surface area contributed by atoms with Crippen LogP contribution in [0.2, 0.25) is 0 Å². The van der Waals surface area contributed by atoms with Crippen LogP contribution in [-0.2, 0) is 0 Å². The van der Waals surface area contributed by atoms with Gasteiger partial charge in [0.15, 0.2) is 0 Å². The molecule has 1 radical (unpaired) electrons. The van der Waals surface area contributed by atoms with Gasteiger partial charge in [-0.15, -0.1) is 0 Å². The predicted octanol–water partition coefficient (Wildman–Crippen LogP) is 2.02. The largest absolute Gasteiger partial charge is 0.497 e. The van der Waals surface area contributed by atoms with Gasteiger partial charge in [0.1, 0.15) is 11.6 Å². The second kappa shape index (κ2) is 2.69. The van der Waals surface area contributed by atoms with Gasteiger partial charge in [-0.2, -0.15) is 0 Å². The molecular formula is C8H8FO. The Morgan fingerprint density at radius 3 is 2.60 bits per heavy atom. The topological polar surface area (TPSA) is 9.23 Å². The Morgan fingerprint density at radius 2 is 2.10 bits per heavy atom. The van der Waals surface area contributed by atoms with Crippen LogP contribution in [0.15, 0.2) is 18.2 Å². The maximum atomic E-state index is 12.5. The first-order chi connectivity index (χ1) is 4.72. The highest BCUT2D eigenvalue weighted by Gasteiger charge is 1.95. The summed E-state index contributed by atoms with van der Waals surface area (Å²) in [6, 6.07) is 4.33. The first kappa shape index (κ1) is 7.06. The number of rotatable bonds is 1. The number of benzene rings is 1. The van der Waals surface area contributed by atoms with Crippen molar-refractivity contribution >= 4 is 0 Å². The van der Waals surface area contributed by atoms with Crippen LogP contribution in [0.3, 0.4) is 0 Å². The van der Waals surface area contributed by atoms with Gasteiger partial charge in [0.25, 0.3) is 0 Å². The maximum absolute atomic E-state index is 12.5. The summed E-state index contributed by atoms with van der Waals surface area (Å²) in [6.45, 7) is 3.57. The van der Waals surface area contributed by atoms with E-state index in [1.54, 1.807) is 6.07 Å². The Labute approximate surface area is 59.4 Å². The van der Waals surface area contributed by atoms with E-state index in [4.69, 9.17) is 4.74 Å². The number of hydrogen-bond donors (Lipinski definition) is 0. The highest BCUT2D eigenvalue weighted by Crippen LogP contribution is 2.14. The van der Waals surface area contributed by atoms with Gasteiger partial charge in [-0.1, -0.05) is 0 Å². The van der Waals surface area contributed by atoms with E-state index in [1.807, 2.05) is 0 Å². The van der Waals surface area contributed by atoms with E-state index < -0.39 is 0 Å². The molecule has 53 valence electrons. The van der Waals surface area contributed by atoms with Gasteiger partial charge in [0, 0.05) is 6.07 Å². The molecule has 0 heterocycles. The SMILES string of the molecule is [CH2]c1cc(F)cc(OC)c1. The van der Waals surface area contributed by atoms with Crippen LogP contribution in [0, 0.1) is 12.7 Å². The zero-order chi connectivity index (χ0) is 7.56. The molecular weight excluding hydrogens is 131 g/mol. The van der Waals surface area contributed by atoms with Crippen LogP contribution in [0.1, 0.15) is 5.56 Å². The fourth-order valence-corrected chi connectivity index (χ4v) is 0.739. The Kier molecular flexibility index (Phi) is 1.90. The summed E-state index contributed by atoms with van der Waals surface area (Å²) in [5.41, 5.74) is 0.622. The van der Waals surface area contributed by atoms with Crippen molar-refractivity contribution in [2.45, 2.75) is 0 Å². The van der Waals surface area contributed by atoms with Crippen molar-refractivity contribution in [1.82, 2.24) is 0 Å². The molecule has 0 spiro atoms. The quantitative estimate of drug-likeness (QED) is 0.578. The molecule has 1 aromatic rings. The van der Waals surface area contributed by atoms with Crippen molar-refractivity contribution in [3.8, 4) is 5.75 Å². The summed E-state index contributed by atoms with van der Waals surface area (Å²) < 4.78 is 17.3. The first-order valence-corrected chi connectivity index (χ1v) is 2.89. The standard InChI is InChI=1S/C8H8FO/c1-6-3-7(9)5-8(4-6)10-2/h3-5H,1H2,2H3. The normalized spacial score (nSPS) is 9.50. The molecule has 0 aliphatic rings. The molecule has 1 aromatic carbocycles. The van der Waals surface area contributed by atoms with E-state index in [-0.39, 0.29) is 5.82 Å².